The SMILES string of the molecule is Cc1ccc2c(c1)c(=O)n(C)c1nnc(CNC(C)c3ccccn3)n21. The van der Waals surface area contributed by atoms with E-state index in [1.165, 1.54) is 0 Å². The van der Waals surface area contributed by atoms with E-state index >= 15 is 0 Å². The fraction of sp³-hybridized carbons (Fsp3) is 0.263. The molecule has 0 aliphatic heterocycles. The van der Waals surface area contributed by atoms with Crippen molar-refractivity contribution in [2.45, 2.75) is 26.4 Å². The molecule has 0 radical (unpaired) electrons. The van der Waals surface area contributed by atoms with Crippen molar-refractivity contribution in [3.8, 4) is 0 Å². The van der Waals surface area contributed by atoms with Crippen LogP contribution in [0.15, 0.2) is 47.4 Å². The number of rotatable bonds is 4. The Morgan fingerprint density at radius 2 is 2.04 bits per heavy atom. The predicted octanol–water partition coefficient (Wildman–Crippen LogP) is 2.14. The van der Waals surface area contributed by atoms with Crippen molar-refractivity contribution in [2.75, 3.05) is 0 Å². The topological polar surface area (TPSA) is 77.1 Å². The summed E-state index contributed by atoms with van der Waals surface area (Å²) in [5, 5.41) is 12.6. The minimum Gasteiger partial charge on any atom is -0.302 e. The van der Waals surface area contributed by atoms with Gasteiger partial charge in [-0.25, -0.2) is 0 Å². The van der Waals surface area contributed by atoms with E-state index in [1.807, 2.05) is 47.7 Å². The zero-order valence-electron chi connectivity index (χ0n) is 15.0. The number of hydrogen-bond donors (Lipinski definition) is 1. The van der Waals surface area contributed by atoms with Crippen LogP contribution in [-0.2, 0) is 13.6 Å². The van der Waals surface area contributed by atoms with Crippen molar-refractivity contribution in [3.63, 3.8) is 0 Å². The first kappa shape index (κ1) is 16.4. The van der Waals surface area contributed by atoms with E-state index in [2.05, 4.69) is 27.4 Å². The molecule has 3 aromatic heterocycles. The number of aromatic nitrogens is 5. The summed E-state index contributed by atoms with van der Waals surface area (Å²) in [6.45, 7) is 4.55. The van der Waals surface area contributed by atoms with Gasteiger partial charge in [-0.3, -0.25) is 18.7 Å². The van der Waals surface area contributed by atoms with Crippen molar-refractivity contribution >= 4 is 16.7 Å². The number of hydrogen-bond acceptors (Lipinski definition) is 5. The second-order valence-electron chi connectivity index (χ2n) is 6.49. The van der Waals surface area contributed by atoms with Crippen LogP contribution in [0, 0.1) is 6.92 Å². The van der Waals surface area contributed by atoms with Crippen molar-refractivity contribution in [3.05, 3.63) is 70.0 Å². The van der Waals surface area contributed by atoms with Gasteiger partial charge in [0.25, 0.3) is 5.56 Å². The van der Waals surface area contributed by atoms with E-state index in [0.717, 1.165) is 22.6 Å². The highest BCUT2D eigenvalue weighted by molar-refractivity contribution is 5.81. The van der Waals surface area contributed by atoms with Gasteiger partial charge in [-0.2, -0.15) is 0 Å². The minimum absolute atomic E-state index is 0.0648. The molecule has 4 aromatic rings. The van der Waals surface area contributed by atoms with Gasteiger partial charge in [0, 0.05) is 19.3 Å². The largest absolute Gasteiger partial charge is 0.302 e. The van der Waals surface area contributed by atoms with E-state index in [0.29, 0.717) is 17.7 Å². The van der Waals surface area contributed by atoms with Crippen molar-refractivity contribution < 1.29 is 0 Å². The second-order valence-corrected chi connectivity index (χ2v) is 6.49. The molecular formula is C19H20N6O. The minimum atomic E-state index is -0.0648. The summed E-state index contributed by atoms with van der Waals surface area (Å²) in [6.07, 6.45) is 1.78. The molecule has 0 saturated heterocycles. The summed E-state index contributed by atoms with van der Waals surface area (Å²) in [5.74, 6) is 1.29. The lowest BCUT2D eigenvalue weighted by molar-refractivity contribution is 0.546. The summed E-state index contributed by atoms with van der Waals surface area (Å²) in [7, 11) is 1.72. The molecule has 0 aliphatic rings. The maximum Gasteiger partial charge on any atom is 0.262 e. The fourth-order valence-electron chi connectivity index (χ4n) is 3.15. The highest BCUT2D eigenvalue weighted by atomic mass is 16.1. The zero-order valence-corrected chi connectivity index (χ0v) is 15.0. The first-order valence-corrected chi connectivity index (χ1v) is 8.54. The third kappa shape index (κ3) is 2.66. The van der Waals surface area contributed by atoms with E-state index in [4.69, 9.17) is 0 Å². The van der Waals surface area contributed by atoms with Crippen molar-refractivity contribution in [1.29, 1.82) is 0 Å². The second kappa shape index (κ2) is 6.34. The van der Waals surface area contributed by atoms with Crippen LogP contribution in [-0.4, -0.2) is 24.1 Å². The van der Waals surface area contributed by atoms with Gasteiger partial charge in [0.05, 0.1) is 23.1 Å². The smallest absolute Gasteiger partial charge is 0.262 e. The van der Waals surface area contributed by atoms with Crippen LogP contribution in [0.4, 0.5) is 0 Å². The average molecular weight is 348 g/mol. The molecule has 132 valence electrons. The van der Waals surface area contributed by atoms with Gasteiger partial charge < -0.3 is 5.32 Å². The van der Waals surface area contributed by atoms with Gasteiger partial charge in [-0.15, -0.1) is 10.2 Å². The summed E-state index contributed by atoms with van der Waals surface area (Å²) >= 11 is 0. The number of nitrogens with one attached hydrogen (secondary N) is 1. The van der Waals surface area contributed by atoms with Gasteiger partial charge >= 0.3 is 0 Å². The molecule has 1 atom stereocenters. The van der Waals surface area contributed by atoms with Crippen molar-refractivity contribution in [2.24, 2.45) is 7.05 Å². The molecule has 1 aromatic carbocycles. The van der Waals surface area contributed by atoms with Gasteiger partial charge in [0.15, 0.2) is 5.82 Å². The molecule has 7 heteroatoms. The van der Waals surface area contributed by atoms with Crippen LogP contribution in [0.1, 0.15) is 30.0 Å². The number of aryl methyl sites for hydroxylation is 2. The third-order valence-electron chi connectivity index (χ3n) is 4.64. The van der Waals surface area contributed by atoms with Gasteiger partial charge in [0.1, 0.15) is 0 Å². The highest BCUT2D eigenvalue weighted by Crippen LogP contribution is 2.16. The molecule has 1 unspecified atom stereocenters. The van der Waals surface area contributed by atoms with Gasteiger partial charge in [-0.1, -0.05) is 17.7 Å². The van der Waals surface area contributed by atoms with Gasteiger partial charge in [0.2, 0.25) is 5.78 Å². The monoisotopic (exact) mass is 348 g/mol. The maximum atomic E-state index is 12.6. The summed E-state index contributed by atoms with van der Waals surface area (Å²) in [6, 6.07) is 11.8. The average Bonchev–Trinajstić information content (AvgIpc) is 3.09. The Labute approximate surface area is 150 Å². The Kier molecular flexibility index (Phi) is 4.00. The van der Waals surface area contributed by atoms with Crippen LogP contribution < -0.4 is 10.9 Å². The van der Waals surface area contributed by atoms with Crippen LogP contribution in [0.25, 0.3) is 16.7 Å². The zero-order chi connectivity index (χ0) is 18.3. The Hall–Kier alpha value is -3.06. The Morgan fingerprint density at radius 3 is 2.81 bits per heavy atom. The van der Waals surface area contributed by atoms with Crippen LogP contribution in [0.2, 0.25) is 0 Å². The normalized spacial score (nSPS) is 12.7. The molecule has 0 bridgehead atoms. The molecule has 26 heavy (non-hydrogen) atoms. The standard InChI is InChI=1S/C19H20N6O/c1-12-7-8-16-14(10-12)18(26)24(3)19-23-22-17(25(16)19)11-21-13(2)15-6-4-5-9-20-15/h4-10,13,21H,11H2,1-3H3. The quantitative estimate of drug-likeness (QED) is 0.611. The Bertz CT molecular complexity index is 1150. The van der Waals surface area contributed by atoms with E-state index in [1.54, 1.807) is 17.8 Å². The van der Waals surface area contributed by atoms with E-state index in [-0.39, 0.29) is 11.6 Å². The molecule has 0 saturated carbocycles. The third-order valence-corrected chi connectivity index (χ3v) is 4.64. The molecule has 3 heterocycles. The molecule has 1 N–H and O–H groups in total. The summed E-state index contributed by atoms with van der Waals surface area (Å²) < 4.78 is 3.48. The predicted molar refractivity (Wildman–Crippen MR) is 100.0 cm³/mol. The molecular weight excluding hydrogens is 328 g/mol. The summed E-state index contributed by atoms with van der Waals surface area (Å²) in [5.41, 5.74) is 2.77. The lowest BCUT2D eigenvalue weighted by atomic mass is 10.1. The molecule has 0 spiro atoms. The van der Waals surface area contributed by atoms with E-state index < -0.39 is 0 Å². The number of pyridine rings is 1. The first-order chi connectivity index (χ1) is 12.6. The number of fused-ring (bicyclic) bond motifs is 3. The molecule has 0 amide bonds. The fourth-order valence-corrected chi connectivity index (χ4v) is 3.15. The van der Waals surface area contributed by atoms with Crippen molar-refractivity contribution in [1.82, 2.24) is 29.5 Å². The highest BCUT2D eigenvalue weighted by Gasteiger charge is 2.15. The summed E-state index contributed by atoms with van der Waals surface area (Å²) in [4.78, 5) is 17.0. The Balaban J connectivity index is 1.77. The Morgan fingerprint density at radius 1 is 1.19 bits per heavy atom. The molecule has 4 rings (SSSR count). The lowest BCUT2D eigenvalue weighted by Gasteiger charge is -2.13. The van der Waals surface area contributed by atoms with E-state index in [9.17, 15) is 4.79 Å². The lowest BCUT2D eigenvalue weighted by Crippen LogP contribution is -2.23. The number of nitrogens with zero attached hydrogens (tertiary/aromatic N) is 5. The van der Waals surface area contributed by atoms with Crippen LogP contribution in [0.5, 0.6) is 0 Å². The van der Waals surface area contributed by atoms with Crippen LogP contribution in [0.3, 0.4) is 0 Å². The molecule has 0 aliphatic carbocycles. The maximum absolute atomic E-state index is 12.6. The van der Waals surface area contributed by atoms with Crippen LogP contribution >= 0.6 is 0 Å². The first-order valence-electron chi connectivity index (χ1n) is 8.54. The molecule has 0 fully saturated rings. The molecule has 7 nitrogen and oxygen atoms in total. The number of benzene rings is 1. The van der Waals surface area contributed by atoms with Gasteiger partial charge in [-0.05, 0) is 38.1 Å².